The lowest BCUT2D eigenvalue weighted by atomic mass is 10.1. The van der Waals surface area contributed by atoms with E-state index in [1.807, 2.05) is 31.2 Å². The Morgan fingerprint density at radius 2 is 1.96 bits per heavy atom. The van der Waals surface area contributed by atoms with Gasteiger partial charge in [-0.3, -0.25) is 9.59 Å². The Bertz CT molecular complexity index is 794. The third-order valence-corrected chi connectivity index (χ3v) is 4.41. The van der Waals surface area contributed by atoms with E-state index in [0.29, 0.717) is 35.3 Å². The van der Waals surface area contributed by atoms with Crippen LogP contribution in [-0.4, -0.2) is 25.0 Å². The number of carbonyl (C=O) groups excluding carboxylic acids is 2. The monoisotopic (exact) mass is 358 g/mol. The number of nitrogens with one attached hydrogen (secondary N) is 1. The zero-order chi connectivity index (χ0) is 17.8. The van der Waals surface area contributed by atoms with Crippen molar-refractivity contribution in [1.29, 1.82) is 0 Å². The number of para-hydroxylation sites is 3. The van der Waals surface area contributed by atoms with Crippen molar-refractivity contribution in [2.24, 2.45) is 5.92 Å². The number of carbonyl (C=O) groups is 2. The first-order chi connectivity index (χ1) is 12.1. The van der Waals surface area contributed by atoms with Crippen LogP contribution in [-0.2, 0) is 9.59 Å². The second kappa shape index (κ2) is 7.57. The maximum Gasteiger partial charge on any atom is 0.229 e. The van der Waals surface area contributed by atoms with Gasteiger partial charge in [-0.15, -0.1) is 0 Å². The highest BCUT2D eigenvalue weighted by Crippen LogP contribution is 2.33. The summed E-state index contributed by atoms with van der Waals surface area (Å²) < 4.78 is 5.59. The molecule has 1 saturated heterocycles. The molecule has 3 rings (SSSR count). The van der Waals surface area contributed by atoms with Gasteiger partial charge in [0.05, 0.1) is 28.9 Å². The van der Waals surface area contributed by atoms with Crippen molar-refractivity contribution in [3.63, 3.8) is 0 Å². The Labute approximate surface area is 151 Å². The first-order valence-electron chi connectivity index (χ1n) is 8.17. The number of nitrogens with zero attached hydrogens (tertiary/aromatic N) is 1. The van der Waals surface area contributed by atoms with Gasteiger partial charge in [-0.2, -0.15) is 0 Å². The standard InChI is InChI=1S/C19H19ClN2O3/c1-2-25-17-10-6-5-9-16(17)22-12-13(11-18(22)23)19(24)21-15-8-4-3-7-14(15)20/h3-10,13H,2,11-12H2,1H3,(H,21,24). The quantitative estimate of drug-likeness (QED) is 0.886. The second-order valence-electron chi connectivity index (χ2n) is 5.78. The minimum Gasteiger partial charge on any atom is -0.492 e. The second-order valence-corrected chi connectivity index (χ2v) is 6.18. The third-order valence-electron chi connectivity index (χ3n) is 4.08. The summed E-state index contributed by atoms with van der Waals surface area (Å²) >= 11 is 6.08. The summed E-state index contributed by atoms with van der Waals surface area (Å²) in [5.74, 6) is -0.0896. The van der Waals surface area contributed by atoms with Gasteiger partial charge in [-0.05, 0) is 31.2 Å². The average Bonchev–Trinajstić information content (AvgIpc) is 2.99. The van der Waals surface area contributed by atoms with Gasteiger partial charge in [0, 0.05) is 13.0 Å². The molecule has 2 aromatic rings. The number of halogens is 1. The molecule has 1 atom stereocenters. The molecule has 1 fully saturated rings. The number of hydrogen-bond acceptors (Lipinski definition) is 3. The molecular weight excluding hydrogens is 340 g/mol. The highest BCUT2D eigenvalue weighted by molar-refractivity contribution is 6.33. The molecule has 1 unspecified atom stereocenters. The number of hydrogen-bond donors (Lipinski definition) is 1. The topological polar surface area (TPSA) is 58.6 Å². The molecular formula is C19H19ClN2O3. The van der Waals surface area contributed by atoms with E-state index < -0.39 is 5.92 Å². The van der Waals surface area contributed by atoms with Crippen LogP contribution in [0.4, 0.5) is 11.4 Å². The van der Waals surface area contributed by atoms with Crippen molar-refractivity contribution in [2.75, 3.05) is 23.4 Å². The van der Waals surface area contributed by atoms with Gasteiger partial charge in [-0.1, -0.05) is 35.9 Å². The maximum atomic E-state index is 12.5. The molecule has 0 saturated carbocycles. The maximum absolute atomic E-state index is 12.5. The van der Waals surface area contributed by atoms with Crippen molar-refractivity contribution in [3.05, 3.63) is 53.6 Å². The Morgan fingerprint density at radius 3 is 2.72 bits per heavy atom. The Hall–Kier alpha value is -2.53. The molecule has 5 nitrogen and oxygen atoms in total. The molecule has 2 aromatic carbocycles. The normalized spacial score (nSPS) is 16.8. The summed E-state index contributed by atoms with van der Waals surface area (Å²) in [7, 11) is 0. The van der Waals surface area contributed by atoms with Crippen molar-refractivity contribution in [2.45, 2.75) is 13.3 Å². The predicted octanol–water partition coefficient (Wildman–Crippen LogP) is 3.73. The Morgan fingerprint density at radius 1 is 1.24 bits per heavy atom. The molecule has 1 aliphatic rings. The molecule has 130 valence electrons. The Kier molecular flexibility index (Phi) is 5.24. The summed E-state index contributed by atoms with van der Waals surface area (Å²) in [5, 5.41) is 3.27. The highest BCUT2D eigenvalue weighted by Gasteiger charge is 2.36. The number of anilines is 2. The third kappa shape index (κ3) is 3.77. The summed E-state index contributed by atoms with van der Waals surface area (Å²) in [5.41, 5.74) is 1.25. The van der Waals surface area contributed by atoms with Gasteiger partial charge in [-0.25, -0.2) is 0 Å². The molecule has 1 aliphatic heterocycles. The number of amides is 2. The van der Waals surface area contributed by atoms with Crippen molar-refractivity contribution in [1.82, 2.24) is 0 Å². The molecule has 1 N–H and O–H groups in total. The minimum atomic E-state index is -0.432. The van der Waals surface area contributed by atoms with E-state index in [2.05, 4.69) is 5.32 Å². The van der Waals surface area contributed by atoms with Crippen molar-refractivity contribution < 1.29 is 14.3 Å². The molecule has 0 aromatic heterocycles. The van der Waals surface area contributed by atoms with E-state index in [4.69, 9.17) is 16.3 Å². The lowest BCUT2D eigenvalue weighted by molar-refractivity contribution is -0.122. The molecule has 0 radical (unpaired) electrons. The van der Waals surface area contributed by atoms with Crippen LogP contribution in [0, 0.1) is 5.92 Å². The molecule has 0 bridgehead atoms. The van der Waals surface area contributed by atoms with Crippen LogP contribution in [0.15, 0.2) is 48.5 Å². The van der Waals surface area contributed by atoms with Crippen LogP contribution in [0.2, 0.25) is 5.02 Å². The zero-order valence-electron chi connectivity index (χ0n) is 13.9. The van der Waals surface area contributed by atoms with Crippen LogP contribution in [0.3, 0.4) is 0 Å². The largest absolute Gasteiger partial charge is 0.492 e. The van der Waals surface area contributed by atoms with E-state index in [0.717, 1.165) is 0 Å². The van der Waals surface area contributed by atoms with Crippen LogP contribution >= 0.6 is 11.6 Å². The van der Waals surface area contributed by atoms with Gasteiger partial charge in [0.25, 0.3) is 0 Å². The smallest absolute Gasteiger partial charge is 0.229 e. The van der Waals surface area contributed by atoms with Crippen molar-refractivity contribution >= 4 is 34.8 Å². The fourth-order valence-corrected chi connectivity index (χ4v) is 3.05. The lowest BCUT2D eigenvalue weighted by Crippen LogP contribution is -2.28. The molecule has 0 aliphatic carbocycles. The van der Waals surface area contributed by atoms with Gasteiger partial charge < -0.3 is 15.0 Å². The fraction of sp³-hybridized carbons (Fsp3) is 0.263. The number of ether oxygens (including phenoxy) is 1. The van der Waals surface area contributed by atoms with E-state index in [9.17, 15) is 9.59 Å². The van der Waals surface area contributed by atoms with Crippen LogP contribution in [0.1, 0.15) is 13.3 Å². The summed E-state index contributed by atoms with van der Waals surface area (Å²) in [6.07, 6.45) is 0.163. The number of rotatable bonds is 5. The van der Waals surface area contributed by atoms with E-state index in [1.165, 1.54) is 0 Å². The Balaban J connectivity index is 1.74. The average molecular weight is 359 g/mol. The summed E-state index contributed by atoms with van der Waals surface area (Å²) in [6, 6.07) is 14.4. The van der Waals surface area contributed by atoms with Crippen LogP contribution in [0.5, 0.6) is 5.75 Å². The fourth-order valence-electron chi connectivity index (χ4n) is 2.87. The first-order valence-corrected chi connectivity index (χ1v) is 8.55. The van der Waals surface area contributed by atoms with E-state index >= 15 is 0 Å². The summed E-state index contributed by atoms with van der Waals surface area (Å²) in [4.78, 5) is 26.6. The SMILES string of the molecule is CCOc1ccccc1N1CC(C(=O)Nc2ccccc2Cl)CC1=O. The number of benzene rings is 2. The van der Waals surface area contributed by atoms with Crippen LogP contribution < -0.4 is 15.0 Å². The van der Waals surface area contributed by atoms with E-state index in [-0.39, 0.29) is 18.2 Å². The van der Waals surface area contributed by atoms with Crippen LogP contribution in [0.25, 0.3) is 0 Å². The zero-order valence-corrected chi connectivity index (χ0v) is 14.6. The minimum absolute atomic E-state index is 0.0912. The highest BCUT2D eigenvalue weighted by atomic mass is 35.5. The predicted molar refractivity (Wildman–Crippen MR) is 98.2 cm³/mol. The van der Waals surface area contributed by atoms with Gasteiger partial charge in [0.1, 0.15) is 5.75 Å². The van der Waals surface area contributed by atoms with Gasteiger partial charge >= 0.3 is 0 Å². The molecule has 1 heterocycles. The van der Waals surface area contributed by atoms with Gasteiger partial charge in [0.2, 0.25) is 11.8 Å². The van der Waals surface area contributed by atoms with Gasteiger partial charge in [0.15, 0.2) is 0 Å². The van der Waals surface area contributed by atoms with E-state index in [1.54, 1.807) is 29.2 Å². The molecule has 2 amide bonds. The first kappa shape index (κ1) is 17.3. The molecule has 0 spiro atoms. The molecule has 25 heavy (non-hydrogen) atoms. The summed E-state index contributed by atoms with van der Waals surface area (Å²) in [6.45, 7) is 2.72. The lowest BCUT2D eigenvalue weighted by Gasteiger charge is -2.20. The van der Waals surface area contributed by atoms with Crippen molar-refractivity contribution in [3.8, 4) is 5.75 Å². The molecule has 6 heteroatoms.